The van der Waals surface area contributed by atoms with Gasteiger partial charge >= 0.3 is 17.9 Å². The standard InChI is InChI=1S/C26H25N9O11S3/c1-26(2,23(44)45)46-31-16(11-8-48-24(27)28-11)19(40)29-17-20(41)34-18(22(42)43)10(6-47-21(17)34)7-49-25-30-32-33-35(25)12-5-14(37)13(36)3-9(12)4-15(38)39/h3,5,8,17,21,36-37H,4,6-7H2,1-2H3,(H2,27,28)(H,29,40)(H,38,39)(H,42,43)(H,44,45)/t17?,21-/m0/s1. The predicted molar refractivity (Wildman–Crippen MR) is 170 cm³/mol. The maximum atomic E-state index is 13.3. The topological polar surface area (TPSA) is 306 Å². The summed E-state index contributed by atoms with van der Waals surface area (Å²) in [6.07, 6.45) is -0.535. The van der Waals surface area contributed by atoms with Gasteiger partial charge in [-0.3, -0.25) is 19.3 Å². The third-order valence-electron chi connectivity index (χ3n) is 6.96. The monoisotopic (exact) mass is 735 g/mol. The van der Waals surface area contributed by atoms with Crippen LogP contribution in [0, 0.1) is 0 Å². The van der Waals surface area contributed by atoms with Crippen molar-refractivity contribution in [2.75, 3.05) is 17.2 Å². The second-order valence-corrected chi connectivity index (χ2v) is 13.7. The first-order chi connectivity index (χ1) is 23.1. The van der Waals surface area contributed by atoms with Crippen LogP contribution in [0.1, 0.15) is 25.1 Å². The smallest absolute Gasteiger partial charge is 0.352 e. The summed E-state index contributed by atoms with van der Waals surface area (Å²) >= 11 is 3.12. The van der Waals surface area contributed by atoms with Gasteiger partial charge in [0, 0.05) is 23.0 Å². The molecule has 8 N–H and O–H groups in total. The number of hydrogen-bond acceptors (Lipinski definition) is 17. The highest BCUT2D eigenvalue weighted by Crippen LogP contribution is 2.42. The summed E-state index contributed by atoms with van der Waals surface area (Å²) in [4.78, 5) is 72.0. The molecular formula is C26H25N9O11S3. The molecule has 23 heteroatoms. The molecule has 258 valence electrons. The number of oxime groups is 1. The summed E-state index contributed by atoms with van der Waals surface area (Å²) in [6, 6.07) is 0.966. The number of anilines is 1. The van der Waals surface area contributed by atoms with Crippen LogP contribution in [-0.2, 0) is 35.2 Å². The second-order valence-electron chi connectivity index (χ2n) is 10.7. The number of carbonyl (C=O) groups is 5. The number of hydrogen-bond donors (Lipinski definition) is 7. The Hall–Kier alpha value is -5.42. The van der Waals surface area contributed by atoms with Crippen molar-refractivity contribution in [2.24, 2.45) is 5.16 Å². The van der Waals surface area contributed by atoms with Crippen molar-refractivity contribution in [3.05, 3.63) is 40.0 Å². The fraction of sp³-hybridized carbons (Fsp3) is 0.308. The number of nitrogens with one attached hydrogen (secondary N) is 1. The Bertz CT molecular complexity index is 1940. The minimum atomic E-state index is -1.82. The van der Waals surface area contributed by atoms with Crippen LogP contribution in [0.4, 0.5) is 5.13 Å². The number of amides is 2. The molecule has 49 heavy (non-hydrogen) atoms. The molecule has 3 aromatic rings. The van der Waals surface area contributed by atoms with E-state index in [-0.39, 0.29) is 44.4 Å². The van der Waals surface area contributed by atoms with E-state index in [0.29, 0.717) is 5.57 Å². The van der Waals surface area contributed by atoms with Crippen molar-refractivity contribution in [3.8, 4) is 17.2 Å². The van der Waals surface area contributed by atoms with Gasteiger partial charge in [-0.2, -0.15) is 4.68 Å². The summed E-state index contributed by atoms with van der Waals surface area (Å²) in [6.45, 7) is 2.42. The summed E-state index contributed by atoms with van der Waals surface area (Å²) < 4.78 is 1.12. The van der Waals surface area contributed by atoms with E-state index in [2.05, 4.69) is 31.0 Å². The maximum Gasteiger partial charge on any atom is 0.352 e. The number of nitrogens with zero attached hydrogens (tertiary/aromatic N) is 7. The number of phenols is 2. The molecule has 1 fully saturated rings. The molecule has 0 radical (unpaired) electrons. The molecule has 2 amide bonds. The minimum Gasteiger partial charge on any atom is -0.504 e. The van der Waals surface area contributed by atoms with E-state index in [1.807, 2.05) is 0 Å². The number of phenolic OH excluding ortho intramolecular Hbond substituents is 2. The molecule has 0 aliphatic carbocycles. The fourth-order valence-corrected chi connectivity index (χ4v) is 7.40. The molecule has 0 bridgehead atoms. The zero-order valence-electron chi connectivity index (χ0n) is 25.1. The number of fused-ring (bicyclic) bond motifs is 1. The number of benzene rings is 1. The second kappa shape index (κ2) is 13.6. The zero-order valence-corrected chi connectivity index (χ0v) is 27.6. The van der Waals surface area contributed by atoms with Crippen molar-refractivity contribution < 1.29 is 54.3 Å². The van der Waals surface area contributed by atoms with Gasteiger partial charge in [0.15, 0.2) is 22.3 Å². The van der Waals surface area contributed by atoms with E-state index >= 15 is 0 Å². The highest BCUT2D eigenvalue weighted by molar-refractivity contribution is 8.01. The number of nitrogen functional groups attached to an aromatic ring is 1. The molecule has 1 saturated heterocycles. The van der Waals surface area contributed by atoms with E-state index in [1.165, 1.54) is 31.0 Å². The molecule has 2 aliphatic rings. The predicted octanol–water partition coefficient (Wildman–Crippen LogP) is -0.146. The van der Waals surface area contributed by atoms with E-state index in [0.717, 1.165) is 44.8 Å². The van der Waals surface area contributed by atoms with Gasteiger partial charge in [-0.1, -0.05) is 16.9 Å². The minimum absolute atomic E-state index is 0.0282. The number of carboxylic acids is 3. The molecule has 20 nitrogen and oxygen atoms in total. The number of β-lactam (4-membered cyclic amide) rings is 1. The van der Waals surface area contributed by atoms with Gasteiger partial charge in [0.25, 0.3) is 11.8 Å². The highest BCUT2D eigenvalue weighted by Gasteiger charge is 2.54. The van der Waals surface area contributed by atoms with Crippen LogP contribution in [0.3, 0.4) is 0 Å². The number of tetrazole rings is 1. The lowest BCUT2D eigenvalue weighted by Gasteiger charge is -2.49. The van der Waals surface area contributed by atoms with Crippen LogP contribution in [0.2, 0.25) is 0 Å². The fourth-order valence-electron chi connectivity index (χ4n) is 4.49. The first-order valence-electron chi connectivity index (χ1n) is 13.7. The van der Waals surface area contributed by atoms with Crippen molar-refractivity contribution in [1.82, 2.24) is 35.4 Å². The Labute approximate surface area is 286 Å². The number of thiazole rings is 1. The SMILES string of the molecule is CC(C)(ON=C(C(=O)NC1C(=O)N2C(C(=O)O)=C(CSc3nnnn3-c3cc(O)c(O)cc3CC(=O)O)CS[C@@H]12)c1csc(N)n1)C(=O)O. The number of aromatic hydroxyl groups is 2. The van der Waals surface area contributed by atoms with Gasteiger partial charge in [0.2, 0.25) is 10.8 Å². The van der Waals surface area contributed by atoms with Crippen molar-refractivity contribution in [2.45, 2.75) is 42.4 Å². The molecule has 2 aliphatic heterocycles. The first-order valence-corrected chi connectivity index (χ1v) is 16.6. The van der Waals surface area contributed by atoms with Crippen LogP contribution in [0.5, 0.6) is 11.5 Å². The van der Waals surface area contributed by atoms with Crippen LogP contribution in [-0.4, -0.2) is 120 Å². The Morgan fingerprint density at radius 3 is 2.53 bits per heavy atom. The molecule has 0 spiro atoms. The number of aliphatic carboxylic acids is 3. The lowest BCUT2D eigenvalue weighted by Crippen LogP contribution is -2.71. The summed E-state index contributed by atoms with van der Waals surface area (Å²) in [5.41, 5.74) is 3.53. The first kappa shape index (κ1) is 34.9. The number of thioether (sulfide) groups is 2. The van der Waals surface area contributed by atoms with Crippen LogP contribution in [0.25, 0.3) is 5.69 Å². The van der Waals surface area contributed by atoms with E-state index < -0.39 is 70.4 Å². The van der Waals surface area contributed by atoms with Crippen LogP contribution < -0.4 is 11.1 Å². The van der Waals surface area contributed by atoms with Crippen LogP contribution in [0.15, 0.2) is 39.1 Å². The number of carbonyl (C=O) groups excluding carboxylic acids is 2. The number of nitrogens with two attached hydrogens (primary N) is 1. The van der Waals surface area contributed by atoms with Gasteiger partial charge in [0.05, 0.1) is 12.1 Å². The van der Waals surface area contributed by atoms with Gasteiger partial charge in [0.1, 0.15) is 22.8 Å². The third-order valence-corrected chi connectivity index (χ3v) is 9.98. The quantitative estimate of drug-likeness (QED) is 0.0395. The van der Waals surface area contributed by atoms with Gasteiger partial charge in [-0.15, -0.1) is 28.2 Å². The average Bonchev–Trinajstić information content (AvgIpc) is 3.68. The number of aromatic nitrogens is 5. The van der Waals surface area contributed by atoms with Crippen molar-refractivity contribution >= 4 is 75.4 Å². The Morgan fingerprint density at radius 1 is 1.18 bits per heavy atom. The lowest BCUT2D eigenvalue weighted by atomic mass is 10.0. The summed E-state index contributed by atoms with van der Waals surface area (Å²) in [7, 11) is 0. The van der Waals surface area contributed by atoms with Gasteiger partial charge in [-0.05, 0) is 41.5 Å². The largest absolute Gasteiger partial charge is 0.504 e. The summed E-state index contributed by atoms with van der Waals surface area (Å²) in [5.74, 6) is -6.69. The molecule has 1 aromatic carbocycles. The number of rotatable bonds is 13. The van der Waals surface area contributed by atoms with Gasteiger partial charge < -0.3 is 41.4 Å². The number of carboxylic acid groups (broad SMARTS) is 3. The molecule has 5 rings (SSSR count). The maximum absolute atomic E-state index is 13.3. The zero-order chi connectivity index (χ0) is 35.8. The summed E-state index contributed by atoms with van der Waals surface area (Å²) in [5, 5.41) is 67.0. The average molecular weight is 736 g/mol. The van der Waals surface area contributed by atoms with Crippen LogP contribution >= 0.6 is 34.9 Å². The lowest BCUT2D eigenvalue weighted by molar-refractivity contribution is -0.161. The Balaban J connectivity index is 1.35. The van der Waals surface area contributed by atoms with Crippen molar-refractivity contribution in [3.63, 3.8) is 0 Å². The van der Waals surface area contributed by atoms with E-state index in [4.69, 9.17) is 10.6 Å². The molecule has 1 unspecified atom stereocenters. The van der Waals surface area contributed by atoms with E-state index in [1.54, 1.807) is 0 Å². The molecule has 2 aromatic heterocycles. The van der Waals surface area contributed by atoms with Crippen molar-refractivity contribution in [1.29, 1.82) is 0 Å². The Morgan fingerprint density at radius 2 is 1.90 bits per heavy atom. The Kier molecular flexibility index (Phi) is 9.69. The normalized spacial score (nSPS) is 17.7. The highest BCUT2D eigenvalue weighted by atomic mass is 32.2. The molecule has 0 saturated carbocycles. The third kappa shape index (κ3) is 7.07. The van der Waals surface area contributed by atoms with Gasteiger partial charge in [-0.25, -0.2) is 14.6 Å². The van der Waals surface area contributed by atoms with E-state index in [9.17, 15) is 49.5 Å². The molecular weight excluding hydrogens is 711 g/mol. The molecule has 4 heterocycles. The molecule has 2 atom stereocenters.